The molecule has 2 N–H and O–H groups in total. The Morgan fingerprint density at radius 2 is 1.91 bits per heavy atom. The summed E-state index contributed by atoms with van der Waals surface area (Å²) in [4.78, 5) is 8.15. The molecular formula is C14H8Cl2N6. The lowest BCUT2D eigenvalue weighted by Crippen LogP contribution is -2.06. The molecule has 6 nitrogen and oxygen atoms in total. The number of rotatable bonds is 2. The summed E-state index contributed by atoms with van der Waals surface area (Å²) in [7, 11) is 0. The van der Waals surface area contributed by atoms with Crippen molar-refractivity contribution in [1.29, 1.82) is 5.26 Å². The largest absolute Gasteiger partial charge is 0.382 e. The van der Waals surface area contributed by atoms with Gasteiger partial charge in [-0.3, -0.25) is 0 Å². The fourth-order valence-electron chi connectivity index (χ4n) is 1.96. The lowest BCUT2D eigenvalue weighted by atomic mass is 10.1. The molecule has 2 aromatic heterocycles. The normalized spacial score (nSPS) is 10.4. The maximum absolute atomic E-state index is 9.37. The van der Waals surface area contributed by atoms with Crippen LogP contribution in [0.5, 0.6) is 0 Å². The van der Waals surface area contributed by atoms with Crippen LogP contribution in [0.3, 0.4) is 0 Å². The molecule has 0 saturated carbocycles. The van der Waals surface area contributed by atoms with Crippen LogP contribution >= 0.6 is 23.2 Å². The van der Waals surface area contributed by atoms with Crippen LogP contribution in [0.2, 0.25) is 10.0 Å². The van der Waals surface area contributed by atoms with E-state index in [1.54, 1.807) is 36.7 Å². The Labute approximate surface area is 135 Å². The predicted octanol–water partition coefficient (Wildman–Crippen LogP) is 3.09. The molecule has 1 aromatic carbocycles. The smallest absolute Gasteiger partial charge is 0.252 e. The van der Waals surface area contributed by atoms with Crippen LogP contribution in [-0.2, 0) is 0 Å². The summed E-state index contributed by atoms with van der Waals surface area (Å²) in [6, 6.07) is 8.64. The van der Waals surface area contributed by atoms with Crippen molar-refractivity contribution in [3.8, 4) is 23.3 Å². The van der Waals surface area contributed by atoms with Crippen molar-refractivity contribution in [2.75, 3.05) is 5.73 Å². The Morgan fingerprint density at radius 3 is 2.55 bits per heavy atom. The van der Waals surface area contributed by atoms with Gasteiger partial charge in [0.2, 0.25) is 0 Å². The fraction of sp³-hybridized carbons (Fsp3) is 0. The first-order valence-corrected chi connectivity index (χ1v) is 6.89. The van der Waals surface area contributed by atoms with Crippen molar-refractivity contribution >= 4 is 29.0 Å². The molecule has 0 unspecified atom stereocenters. The zero-order valence-corrected chi connectivity index (χ0v) is 12.5. The van der Waals surface area contributed by atoms with Gasteiger partial charge in [0.15, 0.2) is 0 Å². The molecule has 0 spiro atoms. The topological polar surface area (TPSA) is 93.4 Å². The summed E-state index contributed by atoms with van der Waals surface area (Å²) in [5.74, 6) is 0.419. The van der Waals surface area contributed by atoms with Gasteiger partial charge >= 0.3 is 0 Å². The molecule has 0 aliphatic rings. The van der Waals surface area contributed by atoms with Gasteiger partial charge in [0.05, 0.1) is 5.02 Å². The quantitative estimate of drug-likeness (QED) is 0.779. The molecular weight excluding hydrogens is 323 g/mol. The molecule has 0 saturated heterocycles. The minimum absolute atomic E-state index is 0.148. The second kappa shape index (κ2) is 5.64. The van der Waals surface area contributed by atoms with Crippen molar-refractivity contribution < 1.29 is 0 Å². The highest BCUT2D eigenvalue weighted by Gasteiger charge is 2.20. The summed E-state index contributed by atoms with van der Waals surface area (Å²) < 4.78 is 1.30. The fourth-order valence-corrected chi connectivity index (χ4v) is 2.46. The van der Waals surface area contributed by atoms with E-state index in [1.807, 2.05) is 6.07 Å². The summed E-state index contributed by atoms with van der Waals surface area (Å²) in [6.45, 7) is 0. The Hall–Kier alpha value is -2.62. The molecule has 0 radical (unpaired) electrons. The maximum atomic E-state index is 9.37. The first kappa shape index (κ1) is 14.3. The van der Waals surface area contributed by atoms with Crippen LogP contribution in [-0.4, -0.2) is 19.7 Å². The second-order valence-electron chi connectivity index (χ2n) is 4.31. The monoisotopic (exact) mass is 330 g/mol. The summed E-state index contributed by atoms with van der Waals surface area (Å²) in [6.07, 6.45) is 3.12. The molecule has 8 heteroatoms. The van der Waals surface area contributed by atoms with Crippen molar-refractivity contribution in [2.45, 2.75) is 0 Å². The van der Waals surface area contributed by atoms with Gasteiger partial charge < -0.3 is 5.73 Å². The number of nitrogens with two attached hydrogens (primary N) is 1. The first-order chi connectivity index (χ1) is 10.6. The van der Waals surface area contributed by atoms with E-state index >= 15 is 0 Å². The standard InChI is InChI=1S/C14H8Cl2N6/c15-8-2-3-9(11(16)6-8)12-10(7-17)13(18)22(21-12)14-19-4-1-5-20-14/h1-6H,18H2. The summed E-state index contributed by atoms with van der Waals surface area (Å²) in [5, 5.41) is 14.6. The van der Waals surface area contributed by atoms with Gasteiger partial charge in [-0.15, -0.1) is 0 Å². The average Bonchev–Trinajstić information content (AvgIpc) is 2.84. The molecule has 3 rings (SSSR count). The molecule has 2 heterocycles. The Balaban J connectivity index is 2.24. The van der Waals surface area contributed by atoms with Crippen molar-refractivity contribution in [3.05, 3.63) is 52.3 Å². The summed E-state index contributed by atoms with van der Waals surface area (Å²) in [5.41, 5.74) is 7.11. The Kier molecular flexibility index (Phi) is 3.67. The van der Waals surface area contributed by atoms with Gasteiger partial charge in [0.1, 0.15) is 23.1 Å². The molecule has 3 aromatic rings. The van der Waals surface area contributed by atoms with Crippen molar-refractivity contribution in [1.82, 2.24) is 19.7 Å². The van der Waals surface area contributed by atoms with E-state index in [2.05, 4.69) is 15.1 Å². The number of hydrogen-bond acceptors (Lipinski definition) is 5. The van der Waals surface area contributed by atoms with E-state index in [0.29, 0.717) is 21.3 Å². The van der Waals surface area contributed by atoms with Crippen LogP contribution in [0, 0.1) is 11.3 Å². The Morgan fingerprint density at radius 1 is 1.18 bits per heavy atom. The number of nitriles is 1. The Bertz CT molecular complexity index is 882. The lowest BCUT2D eigenvalue weighted by molar-refractivity contribution is 0.820. The molecule has 108 valence electrons. The van der Waals surface area contributed by atoms with Gasteiger partial charge in [-0.2, -0.15) is 15.0 Å². The molecule has 0 aliphatic heterocycles. The predicted molar refractivity (Wildman–Crippen MR) is 83.7 cm³/mol. The van der Waals surface area contributed by atoms with E-state index in [4.69, 9.17) is 28.9 Å². The van der Waals surface area contributed by atoms with Crippen LogP contribution in [0.1, 0.15) is 5.56 Å². The maximum Gasteiger partial charge on any atom is 0.252 e. The number of benzene rings is 1. The molecule has 0 fully saturated rings. The highest BCUT2D eigenvalue weighted by atomic mass is 35.5. The number of halogens is 2. The van der Waals surface area contributed by atoms with Crippen LogP contribution in [0.4, 0.5) is 5.82 Å². The SMILES string of the molecule is N#Cc1c(-c2ccc(Cl)cc2Cl)nn(-c2ncccn2)c1N. The third-order valence-electron chi connectivity index (χ3n) is 2.96. The highest BCUT2D eigenvalue weighted by molar-refractivity contribution is 6.36. The second-order valence-corrected chi connectivity index (χ2v) is 5.15. The van der Waals surface area contributed by atoms with E-state index < -0.39 is 0 Å². The van der Waals surface area contributed by atoms with E-state index in [1.165, 1.54) is 4.68 Å². The number of nitrogen functional groups attached to an aromatic ring is 1. The van der Waals surface area contributed by atoms with Crippen LogP contribution in [0.15, 0.2) is 36.7 Å². The van der Waals surface area contributed by atoms with E-state index in [9.17, 15) is 5.26 Å². The zero-order valence-electron chi connectivity index (χ0n) is 11.0. The minimum atomic E-state index is 0.148. The third kappa shape index (κ3) is 2.37. The molecule has 0 amide bonds. The number of aromatic nitrogens is 4. The van der Waals surface area contributed by atoms with Crippen LogP contribution in [0.25, 0.3) is 17.2 Å². The summed E-state index contributed by atoms with van der Waals surface area (Å²) >= 11 is 12.1. The van der Waals surface area contributed by atoms with Gasteiger partial charge in [-0.1, -0.05) is 23.2 Å². The third-order valence-corrected chi connectivity index (χ3v) is 3.51. The molecule has 0 atom stereocenters. The molecule has 0 aliphatic carbocycles. The molecule has 22 heavy (non-hydrogen) atoms. The number of anilines is 1. The zero-order chi connectivity index (χ0) is 15.7. The van der Waals surface area contributed by atoms with E-state index in [0.717, 1.165) is 0 Å². The number of nitrogens with zero attached hydrogens (tertiary/aromatic N) is 5. The molecule has 0 bridgehead atoms. The van der Waals surface area contributed by atoms with Crippen LogP contribution < -0.4 is 5.73 Å². The average molecular weight is 331 g/mol. The van der Waals surface area contributed by atoms with Gasteiger partial charge in [0.25, 0.3) is 5.95 Å². The van der Waals surface area contributed by atoms with Gasteiger partial charge in [-0.05, 0) is 24.3 Å². The van der Waals surface area contributed by atoms with Crippen molar-refractivity contribution in [3.63, 3.8) is 0 Å². The van der Waals surface area contributed by atoms with Crippen molar-refractivity contribution in [2.24, 2.45) is 0 Å². The first-order valence-electron chi connectivity index (χ1n) is 6.13. The lowest BCUT2D eigenvalue weighted by Gasteiger charge is -2.01. The van der Waals surface area contributed by atoms with E-state index in [-0.39, 0.29) is 17.3 Å². The minimum Gasteiger partial charge on any atom is -0.382 e. The van der Waals surface area contributed by atoms with Gasteiger partial charge in [0, 0.05) is 23.0 Å². The highest BCUT2D eigenvalue weighted by Crippen LogP contribution is 2.34. The van der Waals surface area contributed by atoms with Gasteiger partial charge in [-0.25, -0.2) is 9.97 Å². The number of hydrogen-bond donors (Lipinski definition) is 1.